The Morgan fingerprint density at radius 1 is 1.21 bits per heavy atom. The second-order valence-electron chi connectivity index (χ2n) is 6.93. The minimum Gasteiger partial charge on any atom is -0.441 e. The van der Waals surface area contributed by atoms with E-state index in [1.54, 1.807) is 18.3 Å². The number of hydrogen-bond acceptors (Lipinski definition) is 4. The number of hydrogen-bond donors (Lipinski definition) is 1. The van der Waals surface area contributed by atoms with Crippen LogP contribution in [0, 0.1) is 5.82 Å². The van der Waals surface area contributed by atoms with Crippen LogP contribution in [0.15, 0.2) is 59.1 Å². The van der Waals surface area contributed by atoms with Gasteiger partial charge in [0.05, 0.1) is 12.2 Å². The molecule has 0 aliphatic heterocycles. The number of nitrogens with one attached hydrogen (secondary N) is 1. The summed E-state index contributed by atoms with van der Waals surface area (Å²) >= 11 is 6.30. The zero-order valence-corrected chi connectivity index (χ0v) is 17.1. The molecule has 0 aliphatic rings. The van der Waals surface area contributed by atoms with E-state index >= 15 is 0 Å². The minimum atomic E-state index is -0.307. The molecule has 0 saturated heterocycles. The van der Waals surface area contributed by atoms with Gasteiger partial charge in [0.15, 0.2) is 11.7 Å². The standard InChI is InChI=1S/C22H23ClFN3O2/c1-27(2)19(17-5-3-4-6-18(17)23)13-25-21(28)11-12-22-26-14-20(29-22)15-7-9-16(24)10-8-15/h3-10,14,19H,11-13H2,1-2H3,(H,25,28)/t19-/m0/s1. The Morgan fingerprint density at radius 3 is 2.62 bits per heavy atom. The molecule has 0 bridgehead atoms. The van der Waals surface area contributed by atoms with Gasteiger partial charge in [0.2, 0.25) is 5.91 Å². The maximum Gasteiger partial charge on any atom is 0.220 e. The van der Waals surface area contributed by atoms with Crippen LogP contribution >= 0.6 is 11.6 Å². The molecule has 3 aromatic rings. The van der Waals surface area contributed by atoms with E-state index in [2.05, 4.69) is 10.3 Å². The lowest BCUT2D eigenvalue weighted by atomic mass is 10.1. The van der Waals surface area contributed by atoms with Gasteiger partial charge in [-0.3, -0.25) is 4.79 Å². The molecule has 1 atom stereocenters. The first-order valence-corrected chi connectivity index (χ1v) is 9.70. The summed E-state index contributed by atoms with van der Waals surface area (Å²) in [5, 5.41) is 3.63. The number of carbonyl (C=O) groups excluding carboxylic acids is 1. The maximum absolute atomic E-state index is 13.0. The van der Waals surface area contributed by atoms with Gasteiger partial charge >= 0.3 is 0 Å². The van der Waals surface area contributed by atoms with Gasteiger partial charge < -0.3 is 14.6 Å². The third kappa shape index (κ3) is 5.65. The number of aromatic nitrogens is 1. The molecule has 29 heavy (non-hydrogen) atoms. The van der Waals surface area contributed by atoms with Gasteiger partial charge in [-0.1, -0.05) is 29.8 Å². The number of rotatable bonds is 8. The zero-order chi connectivity index (χ0) is 20.8. The first-order chi connectivity index (χ1) is 13.9. The molecule has 7 heteroatoms. The monoisotopic (exact) mass is 415 g/mol. The van der Waals surface area contributed by atoms with Crippen molar-refractivity contribution < 1.29 is 13.6 Å². The van der Waals surface area contributed by atoms with E-state index in [9.17, 15) is 9.18 Å². The van der Waals surface area contributed by atoms with Crippen molar-refractivity contribution in [1.82, 2.24) is 15.2 Å². The number of likely N-dealkylation sites (N-methyl/N-ethyl adjacent to an activating group) is 1. The van der Waals surface area contributed by atoms with Crippen molar-refractivity contribution >= 4 is 17.5 Å². The first kappa shape index (κ1) is 21.0. The van der Waals surface area contributed by atoms with Crippen molar-refractivity contribution in [2.45, 2.75) is 18.9 Å². The highest BCUT2D eigenvalue weighted by molar-refractivity contribution is 6.31. The fraction of sp³-hybridized carbons (Fsp3) is 0.273. The van der Waals surface area contributed by atoms with E-state index < -0.39 is 0 Å². The largest absolute Gasteiger partial charge is 0.441 e. The van der Waals surface area contributed by atoms with Crippen molar-refractivity contribution in [3.8, 4) is 11.3 Å². The highest BCUT2D eigenvalue weighted by atomic mass is 35.5. The number of amides is 1. The van der Waals surface area contributed by atoms with Crippen LogP contribution in [0.3, 0.4) is 0 Å². The summed E-state index contributed by atoms with van der Waals surface area (Å²) in [6.07, 6.45) is 2.22. The Labute approximate surface area is 174 Å². The molecule has 2 aromatic carbocycles. The molecule has 1 aromatic heterocycles. The van der Waals surface area contributed by atoms with Crippen LogP contribution in [0.4, 0.5) is 4.39 Å². The predicted octanol–water partition coefficient (Wildman–Crippen LogP) is 4.49. The second kappa shape index (κ2) is 9.67. The van der Waals surface area contributed by atoms with E-state index in [1.165, 1.54) is 12.1 Å². The molecular weight excluding hydrogens is 393 g/mol. The number of aryl methyl sites for hydroxylation is 1. The molecule has 152 valence electrons. The molecule has 3 rings (SSSR count). The molecule has 1 N–H and O–H groups in total. The topological polar surface area (TPSA) is 58.4 Å². The van der Waals surface area contributed by atoms with Gasteiger partial charge in [-0.25, -0.2) is 9.37 Å². The van der Waals surface area contributed by atoms with E-state index in [-0.39, 0.29) is 24.2 Å². The average molecular weight is 416 g/mol. The van der Waals surface area contributed by atoms with E-state index in [0.29, 0.717) is 29.6 Å². The van der Waals surface area contributed by atoms with Gasteiger partial charge in [-0.05, 0) is 50.0 Å². The smallest absolute Gasteiger partial charge is 0.220 e. The van der Waals surface area contributed by atoms with Crippen molar-refractivity contribution in [2.75, 3.05) is 20.6 Å². The van der Waals surface area contributed by atoms with E-state index in [0.717, 1.165) is 11.1 Å². The number of nitrogens with zero attached hydrogens (tertiary/aromatic N) is 2. The Balaban J connectivity index is 1.53. The predicted molar refractivity (Wildman–Crippen MR) is 111 cm³/mol. The third-order valence-corrected chi connectivity index (χ3v) is 4.97. The molecule has 1 heterocycles. The summed E-state index contributed by atoms with van der Waals surface area (Å²) in [4.78, 5) is 18.5. The lowest BCUT2D eigenvalue weighted by molar-refractivity contribution is -0.121. The molecule has 0 saturated carbocycles. The van der Waals surface area contributed by atoms with Crippen molar-refractivity contribution in [3.05, 3.63) is 77.0 Å². The summed E-state index contributed by atoms with van der Waals surface area (Å²) in [5.41, 5.74) is 1.71. The average Bonchev–Trinajstić information content (AvgIpc) is 3.17. The number of carbonyl (C=O) groups is 1. The summed E-state index contributed by atoms with van der Waals surface area (Å²) in [5.74, 6) is 0.616. The molecule has 0 spiro atoms. The quantitative estimate of drug-likeness (QED) is 0.589. The van der Waals surface area contributed by atoms with Crippen LogP contribution in [0.1, 0.15) is 23.9 Å². The summed E-state index contributed by atoms with van der Waals surface area (Å²) in [6, 6.07) is 13.6. The fourth-order valence-corrected chi connectivity index (χ4v) is 3.27. The number of oxazole rings is 1. The first-order valence-electron chi connectivity index (χ1n) is 9.32. The Kier molecular flexibility index (Phi) is 7.01. The van der Waals surface area contributed by atoms with Crippen molar-refractivity contribution in [3.63, 3.8) is 0 Å². The van der Waals surface area contributed by atoms with Crippen molar-refractivity contribution in [2.24, 2.45) is 0 Å². The number of benzene rings is 2. The minimum absolute atomic E-state index is 0.0283. The highest BCUT2D eigenvalue weighted by Crippen LogP contribution is 2.25. The lowest BCUT2D eigenvalue weighted by Gasteiger charge is -2.26. The van der Waals surface area contributed by atoms with E-state index in [1.807, 2.05) is 43.3 Å². The fourth-order valence-electron chi connectivity index (χ4n) is 3.01. The van der Waals surface area contributed by atoms with Crippen LogP contribution < -0.4 is 5.32 Å². The van der Waals surface area contributed by atoms with Gasteiger partial charge in [0, 0.05) is 30.0 Å². The molecule has 5 nitrogen and oxygen atoms in total. The molecule has 0 radical (unpaired) electrons. The highest BCUT2D eigenvalue weighted by Gasteiger charge is 2.18. The molecule has 0 aliphatic carbocycles. The van der Waals surface area contributed by atoms with Gasteiger partial charge in [0.1, 0.15) is 5.82 Å². The molecule has 0 fully saturated rings. The van der Waals surface area contributed by atoms with Crippen LogP contribution in [-0.2, 0) is 11.2 Å². The lowest BCUT2D eigenvalue weighted by Crippen LogP contribution is -2.34. The normalized spacial score (nSPS) is 12.2. The van der Waals surface area contributed by atoms with Crippen molar-refractivity contribution in [1.29, 1.82) is 0 Å². The number of halogens is 2. The van der Waals surface area contributed by atoms with E-state index in [4.69, 9.17) is 16.0 Å². The molecular formula is C22H23ClFN3O2. The Hall–Kier alpha value is -2.70. The Morgan fingerprint density at radius 2 is 1.93 bits per heavy atom. The molecule has 1 amide bonds. The SMILES string of the molecule is CN(C)[C@@H](CNC(=O)CCc1ncc(-c2ccc(F)cc2)o1)c1ccccc1Cl. The zero-order valence-electron chi connectivity index (χ0n) is 16.4. The van der Waals surface area contributed by atoms with Crippen LogP contribution in [-0.4, -0.2) is 36.4 Å². The van der Waals surface area contributed by atoms with Crippen LogP contribution in [0.2, 0.25) is 5.02 Å². The summed E-state index contributed by atoms with van der Waals surface area (Å²) in [7, 11) is 3.90. The van der Waals surface area contributed by atoms with Gasteiger partial charge in [-0.15, -0.1) is 0 Å². The summed E-state index contributed by atoms with van der Waals surface area (Å²) in [6.45, 7) is 0.446. The van der Waals surface area contributed by atoms with Gasteiger partial charge in [0.25, 0.3) is 0 Å². The van der Waals surface area contributed by atoms with Gasteiger partial charge in [-0.2, -0.15) is 0 Å². The van der Waals surface area contributed by atoms with Crippen LogP contribution in [0.5, 0.6) is 0 Å². The summed E-state index contributed by atoms with van der Waals surface area (Å²) < 4.78 is 18.7. The van der Waals surface area contributed by atoms with Crippen LogP contribution in [0.25, 0.3) is 11.3 Å². The second-order valence-corrected chi connectivity index (χ2v) is 7.34. The maximum atomic E-state index is 13.0. The Bertz CT molecular complexity index is 957. The third-order valence-electron chi connectivity index (χ3n) is 4.63. The molecule has 0 unspecified atom stereocenters.